The van der Waals surface area contributed by atoms with E-state index in [1.807, 2.05) is 0 Å². The number of hydrogen-bond acceptors (Lipinski definition) is 6. The predicted octanol–water partition coefficient (Wildman–Crippen LogP) is 3.71. The van der Waals surface area contributed by atoms with Crippen molar-refractivity contribution in [3.05, 3.63) is 53.6 Å². The Hall–Kier alpha value is -2.38. The molecule has 0 aliphatic rings. The van der Waals surface area contributed by atoms with Crippen LogP contribution >= 0.6 is 10.7 Å². The topological polar surface area (TPSA) is 86.7 Å². The van der Waals surface area contributed by atoms with Crippen LogP contribution in [-0.4, -0.2) is 20.4 Å². The smallest absolute Gasteiger partial charge is 0.305 e. The summed E-state index contributed by atoms with van der Waals surface area (Å²) < 4.78 is 33.3. The van der Waals surface area contributed by atoms with Crippen LogP contribution in [0.15, 0.2) is 47.4 Å². The normalized spacial score (nSPS) is 11.3. The van der Waals surface area contributed by atoms with Gasteiger partial charge in [0.1, 0.15) is 0 Å². The minimum Gasteiger partial charge on any atom is -0.421 e. The molecule has 0 bridgehead atoms. The molecule has 0 amide bonds. The number of benzene rings is 2. The largest absolute Gasteiger partial charge is 0.421 e. The van der Waals surface area contributed by atoms with Gasteiger partial charge in [0, 0.05) is 30.1 Å². The number of hydrogen-bond donors (Lipinski definition) is 0. The molecule has 0 N–H and O–H groups in total. The molecule has 2 aromatic rings. The van der Waals surface area contributed by atoms with E-state index in [0.717, 1.165) is 0 Å². The van der Waals surface area contributed by atoms with Gasteiger partial charge in [0.25, 0.3) is 15.3 Å². The number of carbonyl (C=O) groups excluding carboxylic acids is 2. The minimum absolute atomic E-state index is 0.0296. The average Bonchev–Trinajstić information content (AvgIpc) is 2.53. The maximum atomic E-state index is 11.6. The lowest BCUT2D eigenvalue weighted by atomic mass is 9.96. The first kappa shape index (κ1) is 19.9. The molecule has 26 heavy (non-hydrogen) atoms. The summed E-state index contributed by atoms with van der Waals surface area (Å²) in [4.78, 5) is 22.6. The fraction of sp³-hybridized carbons (Fsp3) is 0.222. The summed E-state index contributed by atoms with van der Waals surface area (Å²) in [5.74, 6) is -1.20. The molecule has 0 heterocycles. The maximum Gasteiger partial charge on any atom is 0.305 e. The Morgan fingerprint density at radius 1 is 1.00 bits per heavy atom. The van der Waals surface area contributed by atoms with E-state index in [9.17, 15) is 18.0 Å². The van der Waals surface area contributed by atoms with E-state index >= 15 is 0 Å². The van der Waals surface area contributed by atoms with Gasteiger partial charge in [-0.3, -0.25) is 9.59 Å². The van der Waals surface area contributed by atoms with Crippen molar-refractivity contribution in [2.45, 2.75) is 32.0 Å². The fourth-order valence-electron chi connectivity index (χ4n) is 2.49. The zero-order valence-corrected chi connectivity index (χ0v) is 15.9. The summed E-state index contributed by atoms with van der Waals surface area (Å²) in [5, 5.41) is 0. The van der Waals surface area contributed by atoms with Gasteiger partial charge < -0.3 is 9.47 Å². The Bertz CT molecular complexity index is 936. The highest BCUT2D eigenvalue weighted by Crippen LogP contribution is 2.32. The number of carbonyl (C=O) groups is 2. The van der Waals surface area contributed by atoms with Crippen molar-refractivity contribution in [1.29, 1.82) is 0 Å². The van der Waals surface area contributed by atoms with Gasteiger partial charge in [-0.05, 0) is 35.7 Å². The molecule has 0 atom stereocenters. The van der Waals surface area contributed by atoms with Crippen molar-refractivity contribution in [3.63, 3.8) is 0 Å². The van der Waals surface area contributed by atoms with Crippen LogP contribution in [0, 0.1) is 6.92 Å². The van der Waals surface area contributed by atoms with Crippen molar-refractivity contribution in [1.82, 2.24) is 0 Å². The Kier molecular flexibility index (Phi) is 6.05. The molecular formula is C18H17ClO6S. The molecule has 0 unspecified atom stereocenters. The second-order valence-corrected chi connectivity index (χ2v) is 8.10. The summed E-state index contributed by atoms with van der Waals surface area (Å²) in [6.07, 6.45) is -1.19. The average molecular weight is 397 g/mol. The molecule has 0 saturated carbocycles. The van der Waals surface area contributed by atoms with Gasteiger partial charge in [-0.25, -0.2) is 8.42 Å². The Morgan fingerprint density at radius 2 is 1.58 bits per heavy atom. The van der Waals surface area contributed by atoms with Crippen LogP contribution in [-0.2, 0) is 28.1 Å². The van der Waals surface area contributed by atoms with Crippen LogP contribution in [0.2, 0.25) is 0 Å². The highest BCUT2D eigenvalue weighted by Gasteiger charge is 2.22. The molecule has 0 spiro atoms. The van der Waals surface area contributed by atoms with E-state index in [1.54, 1.807) is 37.3 Å². The van der Waals surface area contributed by atoms with Crippen molar-refractivity contribution >= 4 is 31.7 Å². The van der Waals surface area contributed by atoms with E-state index in [0.29, 0.717) is 22.3 Å². The third kappa shape index (κ3) is 4.83. The molecule has 0 aromatic heterocycles. The number of halogens is 1. The van der Waals surface area contributed by atoms with E-state index in [4.69, 9.17) is 20.2 Å². The third-order valence-electron chi connectivity index (χ3n) is 3.60. The fourth-order valence-corrected chi connectivity index (χ4v) is 3.29. The van der Waals surface area contributed by atoms with Crippen molar-refractivity contribution in [2.24, 2.45) is 0 Å². The molecule has 0 radical (unpaired) electrons. The standard InChI is InChI=1S/C18H17ClO6S/c1-11-16(14-6-4-7-15(10-14)26(19,22)23)8-5-9-17(11)18(24-12(2)20)25-13(3)21/h4-10,18H,1-3H3. The third-order valence-corrected chi connectivity index (χ3v) is 4.95. The quantitative estimate of drug-likeness (QED) is 0.435. The summed E-state index contributed by atoms with van der Waals surface area (Å²) >= 11 is 0. The van der Waals surface area contributed by atoms with Crippen LogP contribution in [0.1, 0.15) is 31.3 Å². The SMILES string of the molecule is CC(=O)OC(OC(C)=O)c1cccc(-c2cccc(S(=O)(=O)Cl)c2)c1C. The second-order valence-electron chi connectivity index (χ2n) is 5.54. The van der Waals surface area contributed by atoms with E-state index in [1.165, 1.54) is 26.0 Å². The Labute approximate surface area is 156 Å². The molecule has 0 fully saturated rings. The zero-order chi connectivity index (χ0) is 19.5. The number of ether oxygens (including phenoxy) is 2. The molecule has 0 aliphatic carbocycles. The molecule has 6 nitrogen and oxygen atoms in total. The first-order valence-electron chi connectivity index (χ1n) is 7.58. The van der Waals surface area contributed by atoms with Gasteiger partial charge >= 0.3 is 11.9 Å². The van der Waals surface area contributed by atoms with Gasteiger partial charge in [0.05, 0.1) is 4.90 Å². The van der Waals surface area contributed by atoms with Gasteiger partial charge in [0.2, 0.25) is 0 Å². The monoisotopic (exact) mass is 396 g/mol. The van der Waals surface area contributed by atoms with Crippen LogP contribution in [0.4, 0.5) is 0 Å². The molecule has 2 rings (SSSR count). The van der Waals surface area contributed by atoms with Crippen LogP contribution in [0.25, 0.3) is 11.1 Å². The van der Waals surface area contributed by atoms with Crippen LogP contribution in [0.5, 0.6) is 0 Å². The minimum atomic E-state index is -3.87. The molecule has 2 aromatic carbocycles. The first-order valence-corrected chi connectivity index (χ1v) is 9.89. The van der Waals surface area contributed by atoms with Crippen LogP contribution in [0.3, 0.4) is 0 Å². The number of rotatable bonds is 5. The lowest BCUT2D eigenvalue weighted by Gasteiger charge is -2.20. The summed E-state index contributed by atoms with van der Waals surface area (Å²) in [6, 6.07) is 11.3. The zero-order valence-electron chi connectivity index (χ0n) is 14.4. The maximum absolute atomic E-state index is 11.6. The van der Waals surface area contributed by atoms with Gasteiger partial charge in [0.15, 0.2) is 0 Å². The highest BCUT2D eigenvalue weighted by molar-refractivity contribution is 8.13. The molecule has 8 heteroatoms. The van der Waals surface area contributed by atoms with Gasteiger partial charge in [-0.2, -0.15) is 0 Å². The van der Waals surface area contributed by atoms with Crippen LogP contribution < -0.4 is 0 Å². The summed E-state index contributed by atoms with van der Waals surface area (Å²) in [5.41, 5.74) is 2.44. The predicted molar refractivity (Wildman–Crippen MR) is 95.9 cm³/mol. The van der Waals surface area contributed by atoms with E-state index in [-0.39, 0.29) is 4.90 Å². The first-order chi connectivity index (χ1) is 12.1. The Balaban J connectivity index is 2.55. The van der Waals surface area contributed by atoms with Crippen molar-refractivity contribution in [3.8, 4) is 11.1 Å². The molecule has 0 aliphatic heterocycles. The van der Waals surface area contributed by atoms with Crippen molar-refractivity contribution in [2.75, 3.05) is 0 Å². The highest BCUT2D eigenvalue weighted by atomic mass is 35.7. The second kappa shape index (κ2) is 7.88. The molecule has 138 valence electrons. The summed E-state index contributed by atoms with van der Waals surface area (Å²) in [6.45, 7) is 4.18. The summed E-state index contributed by atoms with van der Waals surface area (Å²) in [7, 11) is 1.54. The molecular weight excluding hydrogens is 380 g/mol. The lowest BCUT2D eigenvalue weighted by Crippen LogP contribution is -2.16. The molecule has 0 saturated heterocycles. The number of esters is 2. The van der Waals surface area contributed by atoms with Gasteiger partial charge in [-0.15, -0.1) is 0 Å². The lowest BCUT2D eigenvalue weighted by molar-refractivity contribution is -0.186. The Morgan fingerprint density at radius 3 is 2.12 bits per heavy atom. The van der Waals surface area contributed by atoms with E-state index in [2.05, 4.69) is 0 Å². The van der Waals surface area contributed by atoms with Crippen molar-refractivity contribution < 1.29 is 27.5 Å². The van der Waals surface area contributed by atoms with E-state index < -0.39 is 27.3 Å². The van der Waals surface area contributed by atoms with Gasteiger partial charge in [-0.1, -0.05) is 30.3 Å².